The minimum absolute atomic E-state index is 0.863. The number of aromatic nitrogens is 1. The van der Waals surface area contributed by atoms with Crippen LogP contribution < -0.4 is 0 Å². The number of hydrogen-bond acceptors (Lipinski definition) is 2. The smallest absolute Gasteiger partial charge is 0.153 e. The number of halogens is 1. The lowest BCUT2D eigenvalue weighted by atomic mass is 9.92. The molecule has 156 valence electrons. The molecular formula is C28H21BrN2O. The summed E-state index contributed by atoms with van der Waals surface area (Å²) in [4.78, 5) is 8.66. The largest absolute Gasteiger partial charge is 0.454 e. The van der Waals surface area contributed by atoms with Crippen molar-refractivity contribution in [3.63, 3.8) is 0 Å². The molecule has 5 aromatic rings. The Morgan fingerprint density at radius 3 is 2.47 bits per heavy atom. The summed E-state index contributed by atoms with van der Waals surface area (Å²) < 4.78 is 7.07. The first-order valence-corrected chi connectivity index (χ1v) is 11.5. The Hall–Kier alpha value is -3.37. The number of rotatable bonds is 2. The fraction of sp³-hybridized carbons (Fsp3) is 0.107. The van der Waals surface area contributed by atoms with Crippen molar-refractivity contribution in [1.82, 2.24) is 4.98 Å². The molecule has 6 rings (SSSR count). The Bertz CT molecular complexity index is 1590. The molecule has 3 nitrogen and oxygen atoms in total. The molecule has 0 bridgehead atoms. The van der Waals surface area contributed by atoms with Crippen LogP contribution in [0, 0.1) is 20.8 Å². The van der Waals surface area contributed by atoms with Gasteiger partial charge in [0.1, 0.15) is 5.58 Å². The van der Waals surface area contributed by atoms with Gasteiger partial charge in [-0.25, -0.2) is 4.99 Å². The van der Waals surface area contributed by atoms with Gasteiger partial charge in [-0.3, -0.25) is 0 Å². The Labute approximate surface area is 194 Å². The summed E-state index contributed by atoms with van der Waals surface area (Å²) in [6, 6.07) is 21.0. The summed E-state index contributed by atoms with van der Waals surface area (Å²) >= 11 is 3.65. The first-order valence-electron chi connectivity index (χ1n) is 10.7. The van der Waals surface area contributed by atoms with Gasteiger partial charge in [-0.1, -0.05) is 51.8 Å². The average molecular weight is 481 g/mol. The summed E-state index contributed by atoms with van der Waals surface area (Å²) in [5.41, 5.74) is 13.0. The highest BCUT2D eigenvalue weighted by Gasteiger charge is 2.24. The number of furan rings is 1. The highest BCUT2D eigenvalue weighted by Crippen LogP contribution is 2.37. The third kappa shape index (κ3) is 2.98. The van der Waals surface area contributed by atoms with Gasteiger partial charge in [-0.15, -0.1) is 0 Å². The number of H-pyrrole nitrogens is 1. The number of fused-ring (bicyclic) bond motifs is 4. The van der Waals surface area contributed by atoms with Gasteiger partial charge >= 0.3 is 0 Å². The molecule has 0 saturated heterocycles. The summed E-state index contributed by atoms with van der Waals surface area (Å²) in [6.07, 6.45) is 2.11. The van der Waals surface area contributed by atoms with Gasteiger partial charge in [0.2, 0.25) is 0 Å². The van der Waals surface area contributed by atoms with E-state index in [1.807, 2.05) is 18.2 Å². The van der Waals surface area contributed by atoms with E-state index in [9.17, 15) is 0 Å². The predicted molar refractivity (Wildman–Crippen MR) is 136 cm³/mol. The molecule has 0 amide bonds. The first kappa shape index (κ1) is 19.3. The van der Waals surface area contributed by atoms with Crippen LogP contribution >= 0.6 is 15.9 Å². The zero-order chi connectivity index (χ0) is 22.0. The lowest BCUT2D eigenvalue weighted by molar-refractivity contribution is 0.669. The molecule has 1 aliphatic heterocycles. The topological polar surface area (TPSA) is 41.3 Å². The van der Waals surface area contributed by atoms with Crippen LogP contribution in [0.5, 0.6) is 0 Å². The van der Waals surface area contributed by atoms with Crippen molar-refractivity contribution in [1.29, 1.82) is 0 Å². The molecule has 3 aromatic carbocycles. The van der Waals surface area contributed by atoms with Crippen LogP contribution in [0.15, 0.2) is 74.5 Å². The van der Waals surface area contributed by atoms with E-state index in [0.29, 0.717) is 0 Å². The summed E-state index contributed by atoms with van der Waals surface area (Å²) in [7, 11) is 0. The number of nitrogens with one attached hydrogen (secondary N) is 1. The van der Waals surface area contributed by atoms with Gasteiger partial charge in [0.05, 0.1) is 16.9 Å². The van der Waals surface area contributed by atoms with Crippen LogP contribution in [-0.2, 0) is 0 Å². The van der Waals surface area contributed by atoms with E-state index < -0.39 is 0 Å². The molecule has 0 spiro atoms. The van der Waals surface area contributed by atoms with Crippen LogP contribution in [0.2, 0.25) is 0 Å². The van der Waals surface area contributed by atoms with Crippen LogP contribution in [0.3, 0.4) is 0 Å². The Balaban J connectivity index is 1.54. The molecular weight excluding hydrogens is 460 g/mol. The molecule has 0 atom stereocenters. The number of aromatic amines is 1. The van der Waals surface area contributed by atoms with Crippen LogP contribution in [0.1, 0.15) is 39.1 Å². The van der Waals surface area contributed by atoms with Crippen molar-refractivity contribution in [2.24, 2.45) is 4.99 Å². The van der Waals surface area contributed by atoms with Gasteiger partial charge in [0.25, 0.3) is 0 Å². The SMILES string of the molecule is Cc1cc(C)c(C2=N/C(=C\c3cc4oc5ccccc5c4[nH]3)c3ccc(Br)cc32)c(C)c1. The van der Waals surface area contributed by atoms with Crippen molar-refractivity contribution < 1.29 is 4.42 Å². The fourth-order valence-electron chi connectivity index (χ4n) is 4.87. The maximum Gasteiger partial charge on any atom is 0.153 e. The summed E-state index contributed by atoms with van der Waals surface area (Å²) in [6.45, 7) is 6.48. The molecule has 0 fully saturated rings. The molecule has 2 aromatic heterocycles. The minimum atomic E-state index is 0.863. The number of benzene rings is 3. The zero-order valence-electron chi connectivity index (χ0n) is 18.1. The van der Waals surface area contributed by atoms with Crippen LogP contribution in [-0.4, -0.2) is 10.7 Å². The van der Waals surface area contributed by atoms with E-state index >= 15 is 0 Å². The minimum Gasteiger partial charge on any atom is -0.454 e. The van der Waals surface area contributed by atoms with Crippen molar-refractivity contribution in [2.75, 3.05) is 0 Å². The van der Waals surface area contributed by atoms with Gasteiger partial charge in [0.15, 0.2) is 5.58 Å². The van der Waals surface area contributed by atoms with Gasteiger partial charge < -0.3 is 9.40 Å². The van der Waals surface area contributed by atoms with E-state index in [0.717, 1.165) is 54.8 Å². The highest BCUT2D eigenvalue weighted by molar-refractivity contribution is 9.10. The molecule has 0 saturated carbocycles. The quantitative estimate of drug-likeness (QED) is 0.273. The number of para-hydroxylation sites is 1. The van der Waals surface area contributed by atoms with E-state index in [-0.39, 0.29) is 0 Å². The second kappa shape index (κ2) is 7.07. The second-order valence-electron chi connectivity index (χ2n) is 8.52. The number of aliphatic imine (C=N–C) groups is 1. The van der Waals surface area contributed by atoms with Crippen molar-refractivity contribution in [2.45, 2.75) is 20.8 Å². The summed E-state index contributed by atoms with van der Waals surface area (Å²) in [5, 5.41) is 1.10. The highest BCUT2D eigenvalue weighted by atomic mass is 79.9. The monoisotopic (exact) mass is 480 g/mol. The van der Waals surface area contributed by atoms with E-state index in [4.69, 9.17) is 9.41 Å². The molecule has 0 aliphatic carbocycles. The van der Waals surface area contributed by atoms with Crippen LogP contribution in [0.25, 0.3) is 33.8 Å². The number of aryl methyl sites for hydroxylation is 3. The van der Waals surface area contributed by atoms with Gasteiger partial charge in [-0.2, -0.15) is 0 Å². The zero-order valence-corrected chi connectivity index (χ0v) is 19.7. The Morgan fingerprint density at radius 1 is 0.875 bits per heavy atom. The average Bonchev–Trinajstić information content (AvgIpc) is 3.39. The molecule has 32 heavy (non-hydrogen) atoms. The molecule has 0 unspecified atom stereocenters. The van der Waals surface area contributed by atoms with Crippen molar-refractivity contribution in [3.05, 3.63) is 104 Å². The second-order valence-corrected chi connectivity index (χ2v) is 9.43. The molecule has 1 aliphatic rings. The first-order chi connectivity index (χ1) is 15.5. The number of nitrogens with zero attached hydrogens (tertiary/aromatic N) is 1. The molecule has 4 heteroatoms. The summed E-state index contributed by atoms with van der Waals surface area (Å²) in [5.74, 6) is 0. The maximum absolute atomic E-state index is 6.01. The van der Waals surface area contributed by atoms with Gasteiger partial charge in [0, 0.05) is 38.3 Å². The third-order valence-electron chi connectivity index (χ3n) is 6.13. The lowest BCUT2D eigenvalue weighted by Crippen LogP contribution is -2.06. The van der Waals surface area contributed by atoms with E-state index in [1.54, 1.807) is 0 Å². The molecule has 0 radical (unpaired) electrons. The van der Waals surface area contributed by atoms with Crippen molar-refractivity contribution in [3.8, 4) is 0 Å². The van der Waals surface area contributed by atoms with E-state index in [1.165, 1.54) is 22.3 Å². The van der Waals surface area contributed by atoms with Crippen molar-refractivity contribution >= 4 is 55.5 Å². The molecule has 3 heterocycles. The normalized spacial score (nSPS) is 14.5. The Morgan fingerprint density at radius 2 is 1.66 bits per heavy atom. The maximum atomic E-state index is 6.01. The Kier molecular flexibility index (Phi) is 4.27. The van der Waals surface area contributed by atoms with Gasteiger partial charge in [-0.05, 0) is 62.2 Å². The standard InChI is InChI=1S/C28H21BrN2O/c1-15-10-16(2)26(17(3)11-15)28-22-12-18(29)8-9-20(22)23(31-28)13-19-14-25-27(30-19)21-6-4-5-7-24(21)32-25/h4-14,30H,1-3H3/b23-13-. The van der Waals surface area contributed by atoms with Crippen LogP contribution in [0.4, 0.5) is 0 Å². The molecule has 1 N–H and O–H groups in total. The predicted octanol–water partition coefficient (Wildman–Crippen LogP) is 7.95. The third-order valence-corrected chi connectivity index (χ3v) is 6.62. The lowest BCUT2D eigenvalue weighted by Gasteiger charge is -2.12. The van der Waals surface area contributed by atoms with E-state index in [2.05, 4.69) is 90.2 Å². The number of hydrogen-bond donors (Lipinski definition) is 1. The fourth-order valence-corrected chi connectivity index (χ4v) is 5.23.